The summed E-state index contributed by atoms with van der Waals surface area (Å²) in [5.74, 6) is 0.423. The van der Waals surface area contributed by atoms with E-state index in [4.69, 9.17) is 21.4 Å². The highest BCUT2D eigenvalue weighted by molar-refractivity contribution is 6.21. The lowest BCUT2D eigenvalue weighted by Gasteiger charge is -2.28. The zero-order chi connectivity index (χ0) is 10.8. The maximum absolute atomic E-state index is 12.9. The first-order chi connectivity index (χ1) is 7.20. The highest BCUT2D eigenvalue weighted by Crippen LogP contribution is 2.30. The largest absolute Gasteiger partial charge is 0.488 e. The lowest BCUT2D eigenvalue weighted by Crippen LogP contribution is -2.33. The quantitative estimate of drug-likeness (QED) is 0.789. The van der Waals surface area contributed by atoms with Crippen molar-refractivity contribution in [1.82, 2.24) is 0 Å². The average molecular weight is 231 g/mol. The Morgan fingerprint density at radius 2 is 2.40 bits per heavy atom. The standard InChI is InChI=1S/C11H12ClFO2/c12-9(6-14)11-3-1-7-5-8(13)2-4-10(7)15-11/h2,4-5,9,11,14H,1,3,6H2. The number of hydrogen-bond donors (Lipinski definition) is 1. The Bertz CT molecular complexity index is 356. The van der Waals surface area contributed by atoms with Crippen LogP contribution in [0.25, 0.3) is 0 Å². The molecule has 0 saturated carbocycles. The van der Waals surface area contributed by atoms with Gasteiger partial charge in [-0.3, -0.25) is 0 Å². The van der Waals surface area contributed by atoms with Gasteiger partial charge in [0.1, 0.15) is 17.7 Å². The van der Waals surface area contributed by atoms with Crippen molar-refractivity contribution in [3.05, 3.63) is 29.6 Å². The van der Waals surface area contributed by atoms with Crippen LogP contribution in [0.2, 0.25) is 0 Å². The number of ether oxygens (including phenoxy) is 1. The predicted molar refractivity (Wildman–Crippen MR) is 55.9 cm³/mol. The summed E-state index contributed by atoms with van der Waals surface area (Å²) in [5, 5.41) is 8.51. The molecule has 1 aliphatic heterocycles. The van der Waals surface area contributed by atoms with Crippen LogP contribution in [0.5, 0.6) is 5.75 Å². The van der Waals surface area contributed by atoms with Crippen LogP contribution in [0, 0.1) is 5.82 Å². The Morgan fingerprint density at radius 1 is 1.60 bits per heavy atom. The van der Waals surface area contributed by atoms with Gasteiger partial charge in [-0.15, -0.1) is 11.6 Å². The van der Waals surface area contributed by atoms with Gasteiger partial charge >= 0.3 is 0 Å². The van der Waals surface area contributed by atoms with Gasteiger partial charge < -0.3 is 9.84 Å². The van der Waals surface area contributed by atoms with Crippen molar-refractivity contribution in [3.8, 4) is 5.75 Å². The van der Waals surface area contributed by atoms with Crippen LogP contribution in [0.4, 0.5) is 4.39 Å². The maximum Gasteiger partial charge on any atom is 0.123 e. The molecule has 1 heterocycles. The molecule has 0 saturated heterocycles. The molecular weight excluding hydrogens is 219 g/mol. The molecule has 1 aliphatic rings. The molecule has 0 aromatic heterocycles. The van der Waals surface area contributed by atoms with Gasteiger partial charge in [0.25, 0.3) is 0 Å². The summed E-state index contributed by atoms with van der Waals surface area (Å²) in [6, 6.07) is 4.45. The fourth-order valence-electron chi connectivity index (χ4n) is 1.75. The van der Waals surface area contributed by atoms with Gasteiger partial charge in [-0.2, -0.15) is 0 Å². The Labute approximate surface area is 92.6 Å². The van der Waals surface area contributed by atoms with Gasteiger partial charge in [-0.1, -0.05) is 0 Å². The number of aliphatic hydroxyl groups is 1. The maximum atomic E-state index is 12.9. The minimum absolute atomic E-state index is 0.108. The minimum atomic E-state index is -0.400. The molecule has 82 valence electrons. The van der Waals surface area contributed by atoms with Crippen LogP contribution in [0.3, 0.4) is 0 Å². The molecule has 0 radical (unpaired) electrons. The molecule has 15 heavy (non-hydrogen) atoms. The van der Waals surface area contributed by atoms with E-state index in [1.165, 1.54) is 12.1 Å². The third-order valence-corrected chi connectivity index (χ3v) is 3.00. The summed E-state index contributed by atoms with van der Waals surface area (Å²) in [5.41, 5.74) is 0.869. The topological polar surface area (TPSA) is 29.5 Å². The van der Waals surface area contributed by atoms with Crippen molar-refractivity contribution in [2.24, 2.45) is 0 Å². The van der Waals surface area contributed by atoms with E-state index in [9.17, 15) is 4.39 Å². The van der Waals surface area contributed by atoms with Crippen molar-refractivity contribution in [2.45, 2.75) is 24.3 Å². The Kier molecular flexibility index (Phi) is 3.12. The highest BCUT2D eigenvalue weighted by Gasteiger charge is 2.25. The SMILES string of the molecule is OCC(Cl)C1CCc2cc(F)ccc2O1. The molecule has 2 nitrogen and oxygen atoms in total. The summed E-state index contributed by atoms with van der Waals surface area (Å²) in [7, 11) is 0. The molecule has 4 heteroatoms. The Hall–Kier alpha value is -0.800. The zero-order valence-electron chi connectivity index (χ0n) is 8.12. The second-order valence-corrected chi connectivity index (χ2v) is 4.21. The molecule has 0 spiro atoms. The van der Waals surface area contributed by atoms with Crippen LogP contribution < -0.4 is 4.74 Å². The molecule has 2 atom stereocenters. The Balaban J connectivity index is 2.16. The van der Waals surface area contributed by atoms with Crippen LogP contribution >= 0.6 is 11.6 Å². The van der Waals surface area contributed by atoms with Gasteiger partial charge in [-0.25, -0.2) is 4.39 Å². The molecule has 2 unspecified atom stereocenters. The summed E-state index contributed by atoms with van der Waals surface area (Å²) >= 11 is 5.89. The first kappa shape index (κ1) is 10.7. The van der Waals surface area contributed by atoms with Gasteiger partial charge in [0.15, 0.2) is 0 Å². The molecule has 1 aromatic rings. The Morgan fingerprint density at radius 3 is 3.13 bits per heavy atom. The number of aliphatic hydroxyl groups excluding tert-OH is 1. The average Bonchev–Trinajstić information content (AvgIpc) is 2.27. The van der Waals surface area contributed by atoms with Crippen LogP contribution in [0.15, 0.2) is 18.2 Å². The molecule has 0 amide bonds. The van der Waals surface area contributed by atoms with Crippen molar-refractivity contribution in [3.63, 3.8) is 0 Å². The second-order valence-electron chi connectivity index (χ2n) is 3.65. The zero-order valence-corrected chi connectivity index (χ0v) is 8.88. The molecule has 2 rings (SSSR count). The van der Waals surface area contributed by atoms with Crippen LogP contribution in [-0.2, 0) is 6.42 Å². The highest BCUT2D eigenvalue weighted by atomic mass is 35.5. The number of benzene rings is 1. The molecule has 0 bridgehead atoms. The lowest BCUT2D eigenvalue weighted by molar-refractivity contribution is 0.138. The van der Waals surface area contributed by atoms with Gasteiger partial charge in [0.05, 0.1) is 12.0 Å². The van der Waals surface area contributed by atoms with Crippen molar-refractivity contribution in [2.75, 3.05) is 6.61 Å². The van der Waals surface area contributed by atoms with Crippen molar-refractivity contribution < 1.29 is 14.2 Å². The fraction of sp³-hybridized carbons (Fsp3) is 0.455. The summed E-state index contributed by atoms with van der Waals surface area (Å²) in [6.07, 6.45) is 1.27. The third kappa shape index (κ3) is 2.24. The van der Waals surface area contributed by atoms with E-state index in [-0.39, 0.29) is 18.5 Å². The fourth-order valence-corrected chi connectivity index (χ4v) is 1.93. The predicted octanol–water partition coefficient (Wildman–Crippen LogP) is 2.12. The smallest absolute Gasteiger partial charge is 0.123 e. The number of halogens is 2. The van der Waals surface area contributed by atoms with E-state index in [1.54, 1.807) is 6.07 Å². The van der Waals surface area contributed by atoms with Gasteiger partial charge in [-0.05, 0) is 36.6 Å². The van der Waals surface area contributed by atoms with Crippen LogP contribution in [-0.4, -0.2) is 23.2 Å². The number of fused-ring (bicyclic) bond motifs is 1. The third-order valence-electron chi connectivity index (χ3n) is 2.58. The van der Waals surface area contributed by atoms with Gasteiger partial charge in [0.2, 0.25) is 0 Å². The second kappa shape index (κ2) is 4.37. The molecule has 0 aliphatic carbocycles. The van der Waals surface area contributed by atoms with E-state index in [1.807, 2.05) is 0 Å². The van der Waals surface area contributed by atoms with Gasteiger partial charge in [0, 0.05) is 0 Å². The first-order valence-corrected chi connectivity index (χ1v) is 5.34. The lowest BCUT2D eigenvalue weighted by atomic mass is 10.0. The van der Waals surface area contributed by atoms with Crippen molar-refractivity contribution >= 4 is 11.6 Å². The van der Waals surface area contributed by atoms with E-state index >= 15 is 0 Å². The van der Waals surface area contributed by atoms with E-state index < -0.39 is 5.38 Å². The first-order valence-electron chi connectivity index (χ1n) is 4.90. The van der Waals surface area contributed by atoms with E-state index in [0.717, 1.165) is 12.0 Å². The molecular formula is C11H12ClFO2. The number of hydrogen-bond acceptors (Lipinski definition) is 2. The number of aryl methyl sites for hydroxylation is 1. The molecule has 1 aromatic carbocycles. The van der Waals surface area contributed by atoms with Crippen molar-refractivity contribution in [1.29, 1.82) is 0 Å². The van der Waals surface area contributed by atoms with E-state index in [0.29, 0.717) is 12.2 Å². The summed E-state index contributed by atoms with van der Waals surface area (Å²) in [6.45, 7) is -0.108. The summed E-state index contributed by atoms with van der Waals surface area (Å²) < 4.78 is 18.5. The normalized spacial score (nSPS) is 21.7. The summed E-state index contributed by atoms with van der Waals surface area (Å²) in [4.78, 5) is 0. The van der Waals surface area contributed by atoms with Crippen LogP contribution in [0.1, 0.15) is 12.0 Å². The number of alkyl halides is 1. The monoisotopic (exact) mass is 230 g/mol. The minimum Gasteiger partial charge on any atom is -0.488 e. The molecule has 1 N–H and O–H groups in total. The molecule has 0 fully saturated rings. The number of rotatable bonds is 2. The van der Waals surface area contributed by atoms with E-state index in [2.05, 4.69) is 0 Å².